The molecule has 0 radical (unpaired) electrons. The maximum atomic E-state index is 13.3. The highest BCUT2D eigenvalue weighted by atomic mass is 19.4. The molecule has 0 aromatic rings. The van der Waals surface area contributed by atoms with Crippen LogP contribution in [0.2, 0.25) is 0 Å². The average Bonchev–Trinajstić information content (AvgIpc) is 2.57. The van der Waals surface area contributed by atoms with E-state index in [0.717, 1.165) is 25.7 Å². The molecule has 0 spiro atoms. The van der Waals surface area contributed by atoms with E-state index in [1.54, 1.807) is 0 Å². The van der Waals surface area contributed by atoms with Gasteiger partial charge in [-0.3, -0.25) is 0 Å². The van der Waals surface area contributed by atoms with Gasteiger partial charge in [0.2, 0.25) is 0 Å². The standard InChI is InChI=1S/C19H31F9/c1-2-3-4-5-6-7-8-9-10-11-12-13-14-15-16(20,21)17(22,23)18(24,25)19(26,27)28/h2-15H2,1H3. The highest BCUT2D eigenvalue weighted by Crippen LogP contribution is 2.54. The molecule has 0 saturated carbocycles. The molecule has 0 amide bonds. The highest BCUT2D eigenvalue weighted by Gasteiger charge is 2.81. The smallest absolute Gasteiger partial charge is 0.200 e. The fraction of sp³-hybridized carbons (Fsp3) is 1.00. The summed E-state index contributed by atoms with van der Waals surface area (Å²) >= 11 is 0. The van der Waals surface area contributed by atoms with Crippen LogP contribution in [0, 0.1) is 0 Å². The third kappa shape index (κ3) is 8.39. The molecule has 0 aliphatic rings. The lowest BCUT2D eigenvalue weighted by molar-refractivity contribution is -0.396. The van der Waals surface area contributed by atoms with Crippen molar-refractivity contribution in [2.45, 2.75) is 121 Å². The third-order valence-corrected chi connectivity index (χ3v) is 4.80. The Bertz CT molecular complexity index is 403. The van der Waals surface area contributed by atoms with Gasteiger partial charge in [-0.05, 0) is 6.42 Å². The molecule has 0 atom stereocenters. The first-order valence-corrected chi connectivity index (χ1v) is 10.0. The zero-order valence-electron chi connectivity index (χ0n) is 16.3. The van der Waals surface area contributed by atoms with E-state index in [1.807, 2.05) is 0 Å². The van der Waals surface area contributed by atoms with Crippen molar-refractivity contribution >= 4 is 0 Å². The van der Waals surface area contributed by atoms with Crippen LogP contribution in [0.15, 0.2) is 0 Å². The van der Waals surface area contributed by atoms with Gasteiger partial charge in [0.1, 0.15) is 0 Å². The van der Waals surface area contributed by atoms with Gasteiger partial charge >= 0.3 is 23.9 Å². The zero-order valence-corrected chi connectivity index (χ0v) is 16.3. The number of unbranched alkanes of at least 4 members (excludes halogenated alkanes) is 12. The molecule has 0 bridgehead atoms. The predicted molar refractivity (Wildman–Crippen MR) is 91.2 cm³/mol. The van der Waals surface area contributed by atoms with E-state index in [1.165, 1.54) is 32.1 Å². The van der Waals surface area contributed by atoms with Gasteiger partial charge in [0.25, 0.3) is 0 Å². The Morgan fingerprint density at radius 1 is 0.429 bits per heavy atom. The second-order valence-electron chi connectivity index (χ2n) is 7.34. The first-order valence-electron chi connectivity index (χ1n) is 10.0. The van der Waals surface area contributed by atoms with Crippen LogP contribution in [-0.2, 0) is 0 Å². The van der Waals surface area contributed by atoms with Crippen LogP contribution < -0.4 is 0 Å². The zero-order chi connectivity index (χ0) is 21.9. The minimum Gasteiger partial charge on any atom is -0.200 e. The molecule has 0 unspecified atom stereocenters. The Hall–Kier alpha value is -0.630. The molecule has 0 N–H and O–H groups in total. The van der Waals surface area contributed by atoms with E-state index >= 15 is 0 Å². The average molecular weight is 430 g/mol. The van der Waals surface area contributed by atoms with Crippen LogP contribution in [0.3, 0.4) is 0 Å². The summed E-state index contributed by atoms with van der Waals surface area (Å²) in [5.41, 5.74) is 0. The first kappa shape index (κ1) is 27.4. The number of rotatable bonds is 16. The van der Waals surface area contributed by atoms with Gasteiger partial charge in [0, 0.05) is 6.42 Å². The molecule has 0 saturated heterocycles. The largest absolute Gasteiger partial charge is 0.460 e. The Kier molecular flexibility index (Phi) is 11.9. The SMILES string of the molecule is CCCCCCCCCCCCCCCC(F)(F)C(F)(F)C(F)(F)C(F)(F)F. The van der Waals surface area contributed by atoms with Crippen molar-refractivity contribution in [1.82, 2.24) is 0 Å². The maximum absolute atomic E-state index is 13.3. The van der Waals surface area contributed by atoms with Crippen LogP contribution in [0.25, 0.3) is 0 Å². The van der Waals surface area contributed by atoms with Gasteiger partial charge in [-0.15, -0.1) is 0 Å². The second-order valence-corrected chi connectivity index (χ2v) is 7.34. The maximum Gasteiger partial charge on any atom is 0.460 e. The third-order valence-electron chi connectivity index (χ3n) is 4.80. The molecule has 170 valence electrons. The number of hydrogen-bond donors (Lipinski definition) is 0. The van der Waals surface area contributed by atoms with Gasteiger partial charge < -0.3 is 0 Å². The molecule has 0 heterocycles. The molecule has 0 aliphatic carbocycles. The van der Waals surface area contributed by atoms with Crippen molar-refractivity contribution in [3.63, 3.8) is 0 Å². The van der Waals surface area contributed by atoms with E-state index in [0.29, 0.717) is 12.8 Å². The normalized spacial score (nSPS) is 13.9. The Morgan fingerprint density at radius 3 is 1.07 bits per heavy atom. The molecular formula is C19H31F9. The summed E-state index contributed by atoms with van der Waals surface area (Å²) in [5.74, 6) is -18.7. The summed E-state index contributed by atoms with van der Waals surface area (Å²) in [5, 5.41) is 0. The van der Waals surface area contributed by atoms with E-state index in [4.69, 9.17) is 0 Å². The Morgan fingerprint density at radius 2 is 0.750 bits per heavy atom. The topological polar surface area (TPSA) is 0 Å². The fourth-order valence-corrected chi connectivity index (χ4v) is 2.93. The van der Waals surface area contributed by atoms with Crippen molar-refractivity contribution in [2.75, 3.05) is 0 Å². The number of hydrogen-bond acceptors (Lipinski definition) is 0. The van der Waals surface area contributed by atoms with Gasteiger partial charge in [0.15, 0.2) is 0 Å². The van der Waals surface area contributed by atoms with Crippen molar-refractivity contribution in [3.05, 3.63) is 0 Å². The van der Waals surface area contributed by atoms with Crippen molar-refractivity contribution in [1.29, 1.82) is 0 Å². The van der Waals surface area contributed by atoms with Gasteiger partial charge in [-0.25, -0.2) is 0 Å². The number of halogens is 9. The summed E-state index contributed by atoms with van der Waals surface area (Å²) < 4.78 is 114. The molecule has 0 nitrogen and oxygen atoms in total. The molecule has 0 rings (SSSR count). The minimum atomic E-state index is -6.78. The predicted octanol–water partition coefficient (Wildman–Crippen LogP) is 8.94. The minimum absolute atomic E-state index is 0.0836. The van der Waals surface area contributed by atoms with E-state index in [9.17, 15) is 39.5 Å². The molecule has 0 aromatic heterocycles. The van der Waals surface area contributed by atoms with E-state index in [-0.39, 0.29) is 6.42 Å². The van der Waals surface area contributed by atoms with Crippen LogP contribution in [0.5, 0.6) is 0 Å². The van der Waals surface area contributed by atoms with Crippen LogP contribution in [-0.4, -0.2) is 23.9 Å². The van der Waals surface area contributed by atoms with Crippen molar-refractivity contribution in [3.8, 4) is 0 Å². The lowest BCUT2D eigenvalue weighted by atomic mass is 9.97. The van der Waals surface area contributed by atoms with Gasteiger partial charge in [0.05, 0.1) is 0 Å². The quantitative estimate of drug-likeness (QED) is 0.169. The van der Waals surface area contributed by atoms with Gasteiger partial charge in [-0.2, -0.15) is 39.5 Å². The van der Waals surface area contributed by atoms with Gasteiger partial charge in [-0.1, -0.05) is 84.0 Å². The summed E-state index contributed by atoms with van der Waals surface area (Å²) in [6.45, 7) is 2.14. The first-order chi connectivity index (χ1) is 12.8. The van der Waals surface area contributed by atoms with E-state index < -0.39 is 36.8 Å². The summed E-state index contributed by atoms with van der Waals surface area (Å²) in [6.07, 6.45) is 2.29. The van der Waals surface area contributed by atoms with Crippen molar-refractivity contribution < 1.29 is 39.5 Å². The van der Waals surface area contributed by atoms with Crippen molar-refractivity contribution in [2.24, 2.45) is 0 Å². The van der Waals surface area contributed by atoms with Crippen LogP contribution in [0.4, 0.5) is 39.5 Å². The molecule has 0 aliphatic heterocycles. The lowest BCUT2D eigenvalue weighted by Crippen LogP contribution is -2.60. The summed E-state index contributed by atoms with van der Waals surface area (Å²) in [7, 11) is 0. The van der Waals surface area contributed by atoms with E-state index in [2.05, 4.69) is 6.92 Å². The monoisotopic (exact) mass is 430 g/mol. The molecular weight excluding hydrogens is 399 g/mol. The Labute approximate surface area is 161 Å². The summed E-state index contributed by atoms with van der Waals surface area (Å²) in [6, 6.07) is 0. The molecule has 9 heteroatoms. The number of alkyl halides is 9. The van der Waals surface area contributed by atoms with Crippen LogP contribution >= 0.6 is 0 Å². The molecule has 28 heavy (non-hydrogen) atoms. The second kappa shape index (κ2) is 12.2. The Balaban J connectivity index is 3.96. The lowest BCUT2D eigenvalue weighted by Gasteiger charge is -2.33. The molecule has 0 fully saturated rings. The molecule has 0 aromatic carbocycles. The fourth-order valence-electron chi connectivity index (χ4n) is 2.93. The van der Waals surface area contributed by atoms with Crippen LogP contribution in [0.1, 0.15) is 96.8 Å². The summed E-state index contributed by atoms with van der Waals surface area (Å²) in [4.78, 5) is 0. The highest BCUT2D eigenvalue weighted by molar-refractivity contribution is 5.00.